The van der Waals surface area contributed by atoms with E-state index < -0.39 is 0 Å². The molecule has 1 atom stereocenters. The molecule has 0 saturated heterocycles. The monoisotopic (exact) mass is 193 g/mol. The summed E-state index contributed by atoms with van der Waals surface area (Å²) in [6.45, 7) is 5.53. The lowest BCUT2D eigenvalue weighted by atomic mass is 10.1. The fraction of sp³-hybridized carbons (Fsp3) is 0.364. The molecule has 0 spiro atoms. The Morgan fingerprint density at radius 1 is 1.38 bits per heavy atom. The van der Waals surface area contributed by atoms with Gasteiger partial charge in [-0.2, -0.15) is 12.6 Å². The second-order valence-corrected chi connectivity index (χ2v) is 3.82. The fourth-order valence-electron chi connectivity index (χ4n) is 1.26. The minimum atomic E-state index is -0.00932. The van der Waals surface area contributed by atoms with Crippen molar-refractivity contribution in [1.29, 1.82) is 0 Å². The number of nitrogen functional groups attached to an aromatic ring is 1. The summed E-state index contributed by atoms with van der Waals surface area (Å²) in [4.78, 5) is 0. The lowest BCUT2D eigenvalue weighted by Gasteiger charge is -2.06. The van der Waals surface area contributed by atoms with Gasteiger partial charge in [0.1, 0.15) is 0 Å². The van der Waals surface area contributed by atoms with Crippen LogP contribution in [0.25, 0.3) is 0 Å². The highest BCUT2D eigenvalue weighted by Crippen LogP contribution is 2.14. The first-order chi connectivity index (χ1) is 6.20. The van der Waals surface area contributed by atoms with Crippen LogP contribution in [0.1, 0.15) is 18.4 Å². The first-order valence-electron chi connectivity index (χ1n) is 4.47. The van der Waals surface area contributed by atoms with Crippen LogP contribution in [0.2, 0.25) is 0 Å². The van der Waals surface area contributed by atoms with Crippen LogP contribution < -0.4 is 5.73 Å². The van der Waals surface area contributed by atoms with Crippen molar-refractivity contribution in [3.63, 3.8) is 0 Å². The van der Waals surface area contributed by atoms with Crippen LogP contribution in [0.15, 0.2) is 24.3 Å². The molecule has 2 radical (unpaired) electrons. The third-order valence-corrected chi connectivity index (χ3v) is 2.26. The summed E-state index contributed by atoms with van der Waals surface area (Å²) in [6.07, 6.45) is 2.96. The summed E-state index contributed by atoms with van der Waals surface area (Å²) in [5, 5.41) is -0.00932. The molecule has 2 heteroatoms. The zero-order chi connectivity index (χ0) is 9.68. The van der Waals surface area contributed by atoms with E-state index in [-0.39, 0.29) is 5.25 Å². The van der Waals surface area contributed by atoms with Gasteiger partial charge >= 0.3 is 0 Å². The lowest BCUT2D eigenvalue weighted by Crippen LogP contribution is -1.97. The number of anilines is 1. The Bertz CT molecular complexity index is 258. The summed E-state index contributed by atoms with van der Waals surface area (Å²) < 4.78 is 0. The summed E-state index contributed by atoms with van der Waals surface area (Å²) in [5.74, 6) is 0. The molecule has 0 bridgehead atoms. The third kappa shape index (κ3) is 3.73. The molecule has 13 heavy (non-hydrogen) atoms. The summed E-state index contributed by atoms with van der Waals surface area (Å²) in [7, 11) is 0. The van der Waals surface area contributed by atoms with Crippen molar-refractivity contribution in [2.75, 3.05) is 5.73 Å². The van der Waals surface area contributed by atoms with Crippen molar-refractivity contribution in [3.05, 3.63) is 36.8 Å². The number of rotatable bonds is 4. The molecule has 0 aliphatic rings. The zero-order valence-corrected chi connectivity index (χ0v) is 8.50. The quantitative estimate of drug-likeness (QED) is 0.558. The van der Waals surface area contributed by atoms with Crippen LogP contribution in [-0.4, -0.2) is 5.25 Å². The highest BCUT2D eigenvalue weighted by atomic mass is 32.1. The van der Waals surface area contributed by atoms with E-state index in [4.69, 9.17) is 12.7 Å². The molecular weight excluding hydrogens is 178 g/mol. The molecule has 0 saturated carbocycles. The Morgan fingerprint density at radius 3 is 2.69 bits per heavy atom. The number of nitrogens with two attached hydrogens (primary N) is 1. The van der Waals surface area contributed by atoms with Crippen LogP contribution in [0.4, 0.5) is 5.69 Å². The highest BCUT2D eigenvalue weighted by molar-refractivity contribution is 7.81. The molecule has 1 unspecified atom stereocenters. The number of para-hydroxylation sites is 1. The van der Waals surface area contributed by atoms with E-state index in [9.17, 15) is 0 Å². The molecule has 0 aromatic heterocycles. The van der Waals surface area contributed by atoms with Crippen LogP contribution in [0.3, 0.4) is 0 Å². The molecule has 2 N–H and O–H groups in total. The first kappa shape index (κ1) is 10.5. The molecule has 1 aromatic carbocycles. The van der Waals surface area contributed by atoms with E-state index in [1.165, 1.54) is 5.56 Å². The summed E-state index contributed by atoms with van der Waals surface area (Å²) >= 11 is 4.12. The SMILES string of the molecule is [CH]C(S)CCCc1ccccc1N. The van der Waals surface area contributed by atoms with Crippen molar-refractivity contribution in [2.45, 2.75) is 24.5 Å². The maximum Gasteiger partial charge on any atom is 0.0346 e. The fourth-order valence-corrected chi connectivity index (χ4v) is 1.45. The number of thiol groups is 1. The van der Waals surface area contributed by atoms with Gasteiger partial charge in [-0.15, -0.1) is 0 Å². The lowest BCUT2D eigenvalue weighted by molar-refractivity contribution is 0.759. The van der Waals surface area contributed by atoms with Gasteiger partial charge < -0.3 is 5.73 Å². The highest BCUT2D eigenvalue weighted by Gasteiger charge is 1.99. The largest absolute Gasteiger partial charge is 0.399 e. The number of hydrogen-bond donors (Lipinski definition) is 2. The maximum atomic E-state index is 5.79. The van der Waals surface area contributed by atoms with Crippen LogP contribution >= 0.6 is 12.6 Å². The standard InChI is InChI=1S/C11H15NS/c1-9(13)5-4-7-10-6-2-3-8-11(10)12/h1-3,6,8-9,13H,4-5,7,12H2. The minimum absolute atomic E-state index is 0.00932. The molecule has 0 amide bonds. The van der Waals surface area contributed by atoms with Crippen LogP contribution in [0.5, 0.6) is 0 Å². The van der Waals surface area contributed by atoms with Gasteiger partial charge in [-0.05, 0) is 37.8 Å². The molecule has 1 rings (SSSR count). The van der Waals surface area contributed by atoms with Gasteiger partial charge in [-0.3, -0.25) is 0 Å². The minimum Gasteiger partial charge on any atom is -0.399 e. The van der Waals surface area contributed by atoms with Gasteiger partial charge in [0.25, 0.3) is 0 Å². The molecule has 0 aliphatic heterocycles. The van der Waals surface area contributed by atoms with Crippen LogP contribution in [0, 0.1) is 6.92 Å². The molecule has 0 aliphatic carbocycles. The van der Waals surface area contributed by atoms with Gasteiger partial charge in [0.15, 0.2) is 0 Å². The van der Waals surface area contributed by atoms with E-state index in [1.807, 2.05) is 18.2 Å². The van der Waals surface area contributed by atoms with E-state index in [0.717, 1.165) is 24.9 Å². The first-order valence-corrected chi connectivity index (χ1v) is 4.99. The van der Waals surface area contributed by atoms with Gasteiger partial charge in [0, 0.05) is 10.9 Å². The Kier molecular flexibility index (Phi) is 4.16. The predicted molar refractivity (Wildman–Crippen MR) is 60.9 cm³/mol. The second kappa shape index (κ2) is 5.18. The average Bonchev–Trinajstić information content (AvgIpc) is 2.08. The van der Waals surface area contributed by atoms with E-state index in [1.54, 1.807) is 0 Å². The Balaban J connectivity index is 2.41. The average molecular weight is 193 g/mol. The number of benzene rings is 1. The van der Waals surface area contributed by atoms with Crippen molar-refractivity contribution >= 4 is 18.3 Å². The molecule has 1 nitrogen and oxygen atoms in total. The molecule has 0 heterocycles. The van der Waals surface area contributed by atoms with Gasteiger partial charge in [0.2, 0.25) is 0 Å². The van der Waals surface area contributed by atoms with Crippen molar-refractivity contribution in [3.8, 4) is 0 Å². The van der Waals surface area contributed by atoms with Crippen molar-refractivity contribution in [2.24, 2.45) is 0 Å². The maximum absolute atomic E-state index is 5.79. The Labute approximate surface area is 85.8 Å². The summed E-state index contributed by atoms with van der Waals surface area (Å²) in [6, 6.07) is 7.94. The third-order valence-electron chi connectivity index (χ3n) is 2.00. The van der Waals surface area contributed by atoms with E-state index >= 15 is 0 Å². The number of hydrogen-bond acceptors (Lipinski definition) is 2. The van der Waals surface area contributed by atoms with E-state index in [0.29, 0.717) is 0 Å². The van der Waals surface area contributed by atoms with Crippen molar-refractivity contribution < 1.29 is 0 Å². The van der Waals surface area contributed by atoms with E-state index in [2.05, 4.69) is 18.7 Å². The van der Waals surface area contributed by atoms with Crippen LogP contribution in [-0.2, 0) is 6.42 Å². The topological polar surface area (TPSA) is 26.0 Å². The summed E-state index contributed by atoms with van der Waals surface area (Å²) in [5.41, 5.74) is 7.86. The molecule has 1 aromatic rings. The van der Waals surface area contributed by atoms with Gasteiger partial charge in [-0.1, -0.05) is 18.2 Å². The smallest absolute Gasteiger partial charge is 0.0346 e. The second-order valence-electron chi connectivity index (χ2n) is 3.16. The molecule has 70 valence electrons. The Hall–Kier alpha value is -0.630. The van der Waals surface area contributed by atoms with Crippen molar-refractivity contribution in [1.82, 2.24) is 0 Å². The van der Waals surface area contributed by atoms with Gasteiger partial charge in [0.05, 0.1) is 0 Å². The van der Waals surface area contributed by atoms with Gasteiger partial charge in [-0.25, -0.2) is 0 Å². The number of aryl methyl sites for hydroxylation is 1. The normalized spacial score (nSPS) is 12.8. The zero-order valence-electron chi connectivity index (χ0n) is 7.61. The Morgan fingerprint density at radius 2 is 2.08 bits per heavy atom. The molecular formula is C11H15NS. The molecule has 0 fully saturated rings. The predicted octanol–water partition coefficient (Wildman–Crippen LogP) is 2.60.